The highest BCUT2D eigenvalue weighted by Crippen LogP contribution is 2.49. The number of rotatable bonds is 6. The number of hydrogen-bond acceptors (Lipinski definition) is 7. The molecule has 31 heavy (non-hydrogen) atoms. The lowest BCUT2D eigenvalue weighted by Gasteiger charge is -2.41. The average molecular weight is 424 g/mol. The van der Waals surface area contributed by atoms with Crippen LogP contribution in [0.15, 0.2) is 12.8 Å². The van der Waals surface area contributed by atoms with Gasteiger partial charge in [-0.05, 0) is 38.2 Å². The van der Waals surface area contributed by atoms with Crippen molar-refractivity contribution in [3.05, 3.63) is 29.6 Å². The standard InChI is InChI=1S/C23H29N5O3/c1-5-23(8-6-9-23)21-16(11-24)20(14(2)3)18-12-25-22(27-28(18)21)26-17-7-10-30-13-19(17)31-15(4)29/h12,17,19H,2,5-10,13H2,1,3-4H3,(H,26,27)/t17-,19-/m1/s1. The summed E-state index contributed by atoms with van der Waals surface area (Å²) >= 11 is 0. The highest BCUT2D eigenvalue weighted by Gasteiger charge is 2.43. The van der Waals surface area contributed by atoms with Gasteiger partial charge in [0, 0.05) is 24.5 Å². The van der Waals surface area contributed by atoms with Gasteiger partial charge in [-0.15, -0.1) is 5.10 Å². The van der Waals surface area contributed by atoms with Crippen molar-refractivity contribution in [2.24, 2.45) is 0 Å². The Morgan fingerprint density at radius 2 is 2.26 bits per heavy atom. The van der Waals surface area contributed by atoms with Gasteiger partial charge in [0.2, 0.25) is 5.95 Å². The molecule has 2 aromatic heterocycles. The Bertz CT molecular complexity index is 1060. The molecule has 0 spiro atoms. The molecule has 0 radical (unpaired) electrons. The summed E-state index contributed by atoms with van der Waals surface area (Å²) in [7, 11) is 0. The third-order valence-electron chi connectivity index (χ3n) is 6.65. The number of nitrogens with zero attached hydrogens (tertiary/aromatic N) is 4. The second kappa shape index (κ2) is 8.31. The van der Waals surface area contributed by atoms with E-state index >= 15 is 0 Å². The molecule has 2 aromatic rings. The van der Waals surface area contributed by atoms with E-state index in [1.807, 2.05) is 11.4 Å². The van der Waals surface area contributed by atoms with Crippen LogP contribution in [0.2, 0.25) is 0 Å². The SMILES string of the molecule is C=C(C)c1c(C#N)c(C2(CC)CCC2)n2nc(N[C@@H]3CCOC[C@H]3OC(C)=O)ncc12. The van der Waals surface area contributed by atoms with Crippen molar-refractivity contribution in [2.75, 3.05) is 18.5 Å². The summed E-state index contributed by atoms with van der Waals surface area (Å²) in [4.78, 5) is 16.0. The molecule has 2 aliphatic rings. The Hall–Kier alpha value is -2.92. The third kappa shape index (κ3) is 3.68. The number of aromatic nitrogens is 3. The molecular formula is C23H29N5O3. The van der Waals surface area contributed by atoms with E-state index in [2.05, 4.69) is 29.9 Å². The summed E-state index contributed by atoms with van der Waals surface area (Å²) in [5.74, 6) is 0.0992. The number of nitriles is 1. The van der Waals surface area contributed by atoms with Crippen LogP contribution in [0.5, 0.6) is 0 Å². The maximum Gasteiger partial charge on any atom is 0.303 e. The zero-order valence-corrected chi connectivity index (χ0v) is 18.4. The van der Waals surface area contributed by atoms with Crippen molar-refractivity contribution in [2.45, 2.75) is 70.4 Å². The fourth-order valence-electron chi connectivity index (χ4n) is 4.87. The van der Waals surface area contributed by atoms with Crippen LogP contribution in [0.1, 0.15) is 69.7 Å². The minimum atomic E-state index is -0.399. The molecule has 0 unspecified atom stereocenters. The van der Waals surface area contributed by atoms with Gasteiger partial charge in [-0.1, -0.05) is 19.9 Å². The lowest BCUT2D eigenvalue weighted by atomic mass is 9.64. The van der Waals surface area contributed by atoms with Gasteiger partial charge in [-0.3, -0.25) is 4.79 Å². The minimum Gasteiger partial charge on any atom is -0.458 e. The van der Waals surface area contributed by atoms with E-state index in [9.17, 15) is 10.1 Å². The van der Waals surface area contributed by atoms with E-state index in [0.29, 0.717) is 31.1 Å². The number of carbonyl (C=O) groups excluding carboxylic acids is 1. The van der Waals surface area contributed by atoms with Gasteiger partial charge in [0.05, 0.1) is 35.6 Å². The van der Waals surface area contributed by atoms with E-state index < -0.39 is 6.10 Å². The van der Waals surface area contributed by atoms with Gasteiger partial charge < -0.3 is 14.8 Å². The van der Waals surface area contributed by atoms with E-state index in [-0.39, 0.29) is 17.4 Å². The van der Waals surface area contributed by atoms with E-state index in [0.717, 1.165) is 48.0 Å². The minimum absolute atomic E-state index is 0.0493. The van der Waals surface area contributed by atoms with Crippen LogP contribution in [0.4, 0.5) is 5.95 Å². The van der Waals surface area contributed by atoms with Crippen LogP contribution in [-0.4, -0.2) is 45.9 Å². The Morgan fingerprint density at radius 1 is 1.48 bits per heavy atom. The molecule has 0 bridgehead atoms. The molecule has 8 heteroatoms. The smallest absolute Gasteiger partial charge is 0.303 e. The highest BCUT2D eigenvalue weighted by molar-refractivity contribution is 5.83. The molecule has 1 aliphatic heterocycles. The van der Waals surface area contributed by atoms with E-state index in [1.54, 1.807) is 6.20 Å². The van der Waals surface area contributed by atoms with Crippen molar-refractivity contribution in [1.29, 1.82) is 5.26 Å². The van der Waals surface area contributed by atoms with Crippen LogP contribution in [0.3, 0.4) is 0 Å². The van der Waals surface area contributed by atoms with Gasteiger partial charge in [0.25, 0.3) is 0 Å². The summed E-state index contributed by atoms with van der Waals surface area (Å²) < 4.78 is 12.8. The number of allylic oxidation sites excluding steroid dienone is 1. The van der Waals surface area contributed by atoms with Gasteiger partial charge in [-0.2, -0.15) is 5.26 Å². The monoisotopic (exact) mass is 423 g/mol. The second-order valence-corrected chi connectivity index (χ2v) is 8.62. The average Bonchev–Trinajstić information content (AvgIpc) is 3.03. The van der Waals surface area contributed by atoms with Crippen LogP contribution in [-0.2, 0) is 19.7 Å². The van der Waals surface area contributed by atoms with E-state index in [1.165, 1.54) is 6.92 Å². The number of nitrogens with one attached hydrogen (secondary N) is 1. The molecule has 2 atom stereocenters. The maximum atomic E-state index is 11.5. The number of hydrogen-bond donors (Lipinski definition) is 1. The first kappa shape index (κ1) is 21.3. The zero-order chi connectivity index (χ0) is 22.2. The van der Waals surface area contributed by atoms with Crippen molar-refractivity contribution in [3.8, 4) is 6.07 Å². The van der Waals surface area contributed by atoms with Gasteiger partial charge >= 0.3 is 5.97 Å². The van der Waals surface area contributed by atoms with Crippen LogP contribution >= 0.6 is 0 Å². The summed E-state index contributed by atoms with van der Waals surface area (Å²) in [6, 6.07) is 2.28. The molecule has 8 nitrogen and oxygen atoms in total. The lowest BCUT2D eigenvalue weighted by Crippen LogP contribution is -2.45. The maximum absolute atomic E-state index is 11.5. The molecule has 1 saturated heterocycles. The number of fused-ring (bicyclic) bond motifs is 1. The van der Waals surface area contributed by atoms with Crippen molar-refractivity contribution in [1.82, 2.24) is 14.6 Å². The molecule has 164 valence electrons. The first-order chi connectivity index (χ1) is 14.9. The second-order valence-electron chi connectivity index (χ2n) is 8.62. The molecule has 1 saturated carbocycles. The Labute approximate surface area is 182 Å². The van der Waals surface area contributed by atoms with Crippen molar-refractivity contribution < 1.29 is 14.3 Å². The number of carbonyl (C=O) groups is 1. The summed E-state index contributed by atoms with van der Waals surface area (Å²) in [6.07, 6.45) is 6.22. The summed E-state index contributed by atoms with van der Waals surface area (Å²) in [5.41, 5.74) is 4.02. The summed E-state index contributed by atoms with van der Waals surface area (Å²) in [5, 5.41) is 18.2. The molecule has 1 N–H and O–H groups in total. The number of ether oxygens (including phenoxy) is 2. The molecule has 2 fully saturated rings. The normalized spacial score (nSPS) is 22.4. The van der Waals surface area contributed by atoms with Crippen LogP contribution in [0, 0.1) is 11.3 Å². The first-order valence-corrected chi connectivity index (χ1v) is 10.9. The number of esters is 1. The molecular weight excluding hydrogens is 394 g/mol. The predicted octanol–water partition coefficient (Wildman–Crippen LogP) is 3.60. The fraction of sp³-hybridized carbons (Fsp3) is 0.565. The highest BCUT2D eigenvalue weighted by atomic mass is 16.6. The molecule has 1 aliphatic carbocycles. The van der Waals surface area contributed by atoms with Crippen molar-refractivity contribution >= 4 is 23.0 Å². The summed E-state index contributed by atoms with van der Waals surface area (Å²) in [6.45, 7) is 10.5. The lowest BCUT2D eigenvalue weighted by molar-refractivity contribution is -0.153. The quantitative estimate of drug-likeness (QED) is 0.708. The van der Waals surface area contributed by atoms with Crippen LogP contribution in [0.25, 0.3) is 11.1 Å². The zero-order valence-electron chi connectivity index (χ0n) is 18.4. The third-order valence-corrected chi connectivity index (χ3v) is 6.65. The Morgan fingerprint density at radius 3 is 2.84 bits per heavy atom. The molecule has 0 aromatic carbocycles. The number of anilines is 1. The Kier molecular flexibility index (Phi) is 5.71. The van der Waals surface area contributed by atoms with Gasteiger partial charge in [-0.25, -0.2) is 9.50 Å². The Balaban J connectivity index is 1.79. The first-order valence-electron chi connectivity index (χ1n) is 10.9. The predicted molar refractivity (Wildman–Crippen MR) is 117 cm³/mol. The van der Waals surface area contributed by atoms with Gasteiger partial charge in [0.15, 0.2) is 0 Å². The fourth-order valence-corrected chi connectivity index (χ4v) is 4.87. The van der Waals surface area contributed by atoms with Crippen LogP contribution < -0.4 is 5.32 Å². The largest absolute Gasteiger partial charge is 0.458 e. The molecule has 4 rings (SSSR count). The molecule has 0 amide bonds. The molecule has 3 heterocycles. The van der Waals surface area contributed by atoms with Gasteiger partial charge in [0.1, 0.15) is 12.2 Å². The van der Waals surface area contributed by atoms with E-state index in [4.69, 9.17) is 14.6 Å². The van der Waals surface area contributed by atoms with Crippen molar-refractivity contribution in [3.63, 3.8) is 0 Å². The topological polar surface area (TPSA) is 102 Å².